The van der Waals surface area contributed by atoms with Crippen molar-refractivity contribution in [3.8, 4) is 0 Å². The molecule has 1 saturated heterocycles. The molecule has 0 bridgehead atoms. The lowest BCUT2D eigenvalue weighted by Gasteiger charge is -2.33. The van der Waals surface area contributed by atoms with E-state index in [0.717, 1.165) is 19.4 Å². The van der Waals surface area contributed by atoms with E-state index < -0.39 is 0 Å². The lowest BCUT2D eigenvalue weighted by atomic mass is 9.90. The molecule has 0 aromatic carbocycles. The fraction of sp³-hybridized carbons (Fsp3) is 1.00. The third kappa shape index (κ3) is 3.65. The predicted molar refractivity (Wildman–Crippen MR) is 65.1 cm³/mol. The summed E-state index contributed by atoms with van der Waals surface area (Å²) in [6.45, 7) is 2.35. The average molecular weight is 260 g/mol. The maximum absolute atomic E-state index is 5.82. The van der Waals surface area contributed by atoms with Gasteiger partial charge < -0.3 is 23.7 Å². The van der Waals surface area contributed by atoms with Gasteiger partial charge in [0.1, 0.15) is 6.79 Å². The normalized spacial score (nSPS) is 35.7. The molecule has 1 unspecified atom stereocenters. The topological polar surface area (TPSA) is 46.2 Å². The molecule has 0 spiro atoms. The standard InChI is InChI=1S/C13H24O5/c1-14-5-6-16-9-18-12-4-3-10-8-17-13(15-2)7-11(10)12/h10-13H,3-9H2,1-2H3/t10-,11+,12-,13?/m1/s1. The Balaban J connectivity index is 1.69. The highest BCUT2D eigenvalue weighted by Gasteiger charge is 2.41. The molecule has 0 radical (unpaired) electrons. The summed E-state index contributed by atoms with van der Waals surface area (Å²) in [7, 11) is 3.36. The van der Waals surface area contributed by atoms with Gasteiger partial charge in [-0.25, -0.2) is 0 Å². The van der Waals surface area contributed by atoms with Crippen molar-refractivity contribution in [1.82, 2.24) is 0 Å². The van der Waals surface area contributed by atoms with Crippen molar-refractivity contribution < 1.29 is 23.7 Å². The Bertz CT molecular complexity index is 235. The number of rotatable bonds is 7. The first kappa shape index (κ1) is 14.2. The zero-order valence-corrected chi connectivity index (χ0v) is 11.3. The van der Waals surface area contributed by atoms with Gasteiger partial charge in [-0.3, -0.25) is 0 Å². The van der Waals surface area contributed by atoms with Gasteiger partial charge in [0, 0.05) is 20.6 Å². The van der Waals surface area contributed by atoms with Crippen molar-refractivity contribution in [2.24, 2.45) is 11.8 Å². The highest BCUT2D eigenvalue weighted by Crippen LogP contribution is 2.40. The molecule has 1 aliphatic carbocycles. The van der Waals surface area contributed by atoms with Crippen molar-refractivity contribution >= 4 is 0 Å². The van der Waals surface area contributed by atoms with Gasteiger partial charge >= 0.3 is 0 Å². The first-order valence-electron chi connectivity index (χ1n) is 6.67. The highest BCUT2D eigenvalue weighted by atomic mass is 16.7. The second kappa shape index (κ2) is 7.40. The van der Waals surface area contributed by atoms with E-state index in [9.17, 15) is 0 Å². The van der Waals surface area contributed by atoms with Crippen molar-refractivity contribution in [2.75, 3.05) is 40.8 Å². The molecule has 1 saturated carbocycles. The van der Waals surface area contributed by atoms with Crippen molar-refractivity contribution in [3.05, 3.63) is 0 Å². The van der Waals surface area contributed by atoms with Gasteiger partial charge in [-0.15, -0.1) is 0 Å². The molecule has 2 rings (SSSR count). The van der Waals surface area contributed by atoms with Crippen LogP contribution in [0.1, 0.15) is 19.3 Å². The minimum Gasteiger partial charge on any atom is -0.382 e. The van der Waals surface area contributed by atoms with Crippen LogP contribution in [0.3, 0.4) is 0 Å². The summed E-state index contributed by atoms with van der Waals surface area (Å²) < 4.78 is 27.0. The first-order chi connectivity index (χ1) is 8.85. The third-order valence-electron chi connectivity index (χ3n) is 3.93. The van der Waals surface area contributed by atoms with Gasteiger partial charge in [0.05, 0.1) is 25.9 Å². The van der Waals surface area contributed by atoms with Crippen LogP contribution in [0.25, 0.3) is 0 Å². The third-order valence-corrected chi connectivity index (χ3v) is 3.93. The Morgan fingerprint density at radius 1 is 1.17 bits per heavy atom. The molecule has 106 valence electrons. The van der Waals surface area contributed by atoms with Crippen LogP contribution in [0.5, 0.6) is 0 Å². The van der Waals surface area contributed by atoms with E-state index in [1.165, 1.54) is 6.42 Å². The number of hydrogen-bond donors (Lipinski definition) is 0. The molecule has 2 aliphatic rings. The Kier molecular flexibility index (Phi) is 5.85. The van der Waals surface area contributed by atoms with E-state index in [0.29, 0.717) is 37.9 Å². The molecule has 5 nitrogen and oxygen atoms in total. The lowest BCUT2D eigenvalue weighted by Crippen LogP contribution is -2.36. The van der Waals surface area contributed by atoms with E-state index in [1.807, 2.05) is 0 Å². The summed E-state index contributed by atoms with van der Waals surface area (Å²) in [6.07, 6.45) is 3.44. The van der Waals surface area contributed by atoms with Gasteiger partial charge in [0.15, 0.2) is 6.29 Å². The molecule has 2 fully saturated rings. The van der Waals surface area contributed by atoms with Crippen LogP contribution >= 0.6 is 0 Å². The van der Waals surface area contributed by atoms with Crippen LogP contribution in [-0.2, 0) is 23.7 Å². The average Bonchev–Trinajstić information content (AvgIpc) is 2.81. The quantitative estimate of drug-likeness (QED) is 0.511. The molecule has 4 atom stereocenters. The molecule has 1 aliphatic heterocycles. The molecular formula is C13H24O5. The molecule has 0 amide bonds. The Morgan fingerprint density at radius 2 is 2.06 bits per heavy atom. The van der Waals surface area contributed by atoms with Gasteiger partial charge in [-0.2, -0.15) is 0 Å². The van der Waals surface area contributed by atoms with Gasteiger partial charge in [0.2, 0.25) is 0 Å². The highest BCUT2D eigenvalue weighted by molar-refractivity contribution is 4.88. The molecule has 0 aromatic heterocycles. The first-order valence-corrected chi connectivity index (χ1v) is 6.67. The van der Waals surface area contributed by atoms with Gasteiger partial charge in [-0.1, -0.05) is 0 Å². The van der Waals surface area contributed by atoms with Crippen molar-refractivity contribution in [1.29, 1.82) is 0 Å². The maximum atomic E-state index is 5.82. The Labute approximate surface area is 109 Å². The Morgan fingerprint density at radius 3 is 2.83 bits per heavy atom. The molecule has 1 heterocycles. The molecule has 0 aromatic rings. The van der Waals surface area contributed by atoms with E-state index in [1.54, 1.807) is 14.2 Å². The van der Waals surface area contributed by atoms with Crippen LogP contribution in [0.2, 0.25) is 0 Å². The van der Waals surface area contributed by atoms with Crippen molar-refractivity contribution in [2.45, 2.75) is 31.7 Å². The van der Waals surface area contributed by atoms with Crippen LogP contribution in [-0.4, -0.2) is 53.2 Å². The van der Waals surface area contributed by atoms with E-state index in [4.69, 9.17) is 23.7 Å². The number of ether oxygens (including phenoxy) is 5. The molecule has 5 heteroatoms. The zero-order valence-electron chi connectivity index (χ0n) is 11.3. The molecule has 0 N–H and O–H groups in total. The lowest BCUT2D eigenvalue weighted by molar-refractivity contribution is -0.190. The second-order valence-electron chi connectivity index (χ2n) is 4.96. The summed E-state index contributed by atoms with van der Waals surface area (Å²) >= 11 is 0. The fourth-order valence-electron chi connectivity index (χ4n) is 2.89. The number of hydrogen-bond acceptors (Lipinski definition) is 5. The van der Waals surface area contributed by atoms with Crippen LogP contribution < -0.4 is 0 Å². The SMILES string of the molecule is COCCOCO[C@@H]1CC[C@@H]2COC(OC)C[C@@H]21. The minimum absolute atomic E-state index is 0.0649. The summed E-state index contributed by atoms with van der Waals surface area (Å²) in [5.41, 5.74) is 0. The fourth-order valence-corrected chi connectivity index (χ4v) is 2.89. The van der Waals surface area contributed by atoms with E-state index in [2.05, 4.69) is 0 Å². The minimum atomic E-state index is -0.0649. The van der Waals surface area contributed by atoms with Crippen LogP contribution in [0.4, 0.5) is 0 Å². The smallest absolute Gasteiger partial charge is 0.157 e. The predicted octanol–water partition coefficient (Wildman–Crippen LogP) is 1.41. The maximum Gasteiger partial charge on any atom is 0.157 e. The summed E-state index contributed by atoms with van der Waals surface area (Å²) in [6, 6.07) is 0. The number of methoxy groups -OCH3 is 2. The van der Waals surface area contributed by atoms with E-state index in [-0.39, 0.29) is 6.29 Å². The Hall–Kier alpha value is -0.200. The van der Waals surface area contributed by atoms with Crippen molar-refractivity contribution in [3.63, 3.8) is 0 Å². The summed E-state index contributed by atoms with van der Waals surface area (Å²) in [5, 5.41) is 0. The van der Waals surface area contributed by atoms with Crippen LogP contribution in [0, 0.1) is 11.8 Å². The summed E-state index contributed by atoms with van der Waals surface area (Å²) in [4.78, 5) is 0. The zero-order chi connectivity index (χ0) is 12.8. The van der Waals surface area contributed by atoms with E-state index >= 15 is 0 Å². The molecule has 18 heavy (non-hydrogen) atoms. The second-order valence-corrected chi connectivity index (χ2v) is 4.96. The summed E-state index contributed by atoms with van der Waals surface area (Å²) in [5.74, 6) is 1.18. The van der Waals surface area contributed by atoms with Gasteiger partial charge in [-0.05, 0) is 24.7 Å². The monoisotopic (exact) mass is 260 g/mol. The van der Waals surface area contributed by atoms with Crippen LogP contribution in [0.15, 0.2) is 0 Å². The van der Waals surface area contributed by atoms with Gasteiger partial charge in [0.25, 0.3) is 0 Å². The largest absolute Gasteiger partial charge is 0.382 e. The molecular weight excluding hydrogens is 236 g/mol. The number of fused-ring (bicyclic) bond motifs is 1.